The Morgan fingerprint density at radius 1 is 1.18 bits per heavy atom. The molecule has 2 aromatic rings. The molecule has 22 heavy (non-hydrogen) atoms. The van der Waals surface area contributed by atoms with Gasteiger partial charge in [-0.1, -0.05) is 31.5 Å². The monoisotopic (exact) mass is 318 g/mol. The Hall–Kier alpha value is -2.14. The summed E-state index contributed by atoms with van der Waals surface area (Å²) in [5.41, 5.74) is 1.85. The number of halogens is 1. The van der Waals surface area contributed by atoms with Crippen LogP contribution in [0.4, 0.5) is 17.3 Å². The Labute approximate surface area is 135 Å². The Morgan fingerprint density at radius 3 is 2.45 bits per heavy atom. The highest BCUT2D eigenvalue weighted by molar-refractivity contribution is 6.31. The van der Waals surface area contributed by atoms with Crippen molar-refractivity contribution in [3.05, 3.63) is 40.9 Å². The van der Waals surface area contributed by atoms with E-state index in [4.69, 9.17) is 11.6 Å². The summed E-state index contributed by atoms with van der Waals surface area (Å²) < 4.78 is 0. The van der Waals surface area contributed by atoms with Crippen molar-refractivity contribution in [2.75, 3.05) is 10.6 Å². The normalized spacial score (nSPS) is 10.6. The minimum atomic E-state index is -0.0599. The number of anilines is 3. The maximum atomic E-state index is 11.7. The van der Waals surface area contributed by atoms with Crippen molar-refractivity contribution < 1.29 is 4.79 Å². The smallest absolute Gasteiger partial charge is 0.225 e. The molecule has 0 aliphatic heterocycles. The van der Waals surface area contributed by atoms with E-state index in [2.05, 4.69) is 20.8 Å². The largest absolute Gasteiger partial charge is 0.339 e. The first-order valence-corrected chi connectivity index (χ1v) is 7.48. The highest BCUT2D eigenvalue weighted by atomic mass is 35.5. The van der Waals surface area contributed by atoms with Crippen LogP contribution >= 0.6 is 11.6 Å². The molecule has 0 saturated heterocycles. The molecule has 0 fully saturated rings. The standard InChI is InChI=1S/C16H19ClN4O/c1-10(2)8-16(22)19-15-7-6-14(20-21-15)18-12-5-4-11(3)13(17)9-12/h4-7,9-10H,8H2,1-3H3,(H,18,20)(H,19,21,22). The average molecular weight is 319 g/mol. The molecule has 5 nitrogen and oxygen atoms in total. The maximum Gasteiger partial charge on any atom is 0.225 e. The molecule has 0 saturated carbocycles. The van der Waals surface area contributed by atoms with Crippen LogP contribution in [0.5, 0.6) is 0 Å². The number of carbonyl (C=O) groups is 1. The average Bonchev–Trinajstić information content (AvgIpc) is 2.44. The van der Waals surface area contributed by atoms with Crippen molar-refractivity contribution in [3.63, 3.8) is 0 Å². The van der Waals surface area contributed by atoms with E-state index in [9.17, 15) is 4.79 Å². The van der Waals surface area contributed by atoms with E-state index in [0.717, 1.165) is 11.3 Å². The van der Waals surface area contributed by atoms with Gasteiger partial charge in [0.15, 0.2) is 11.6 Å². The predicted octanol–water partition coefficient (Wildman–Crippen LogP) is 4.17. The van der Waals surface area contributed by atoms with Crippen LogP contribution in [0.25, 0.3) is 0 Å². The molecule has 116 valence electrons. The maximum absolute atomic E-state index is 11.7. The van der Waals surface area contributed by atoms with Crippen LogP contribution in [0.15, 0.2) is 30.3 Å². The van der Waals surface area contributed by atoms with Gasteiger partial charge in [-0.05, 0) is 42.7 Å². The number of hydrogen-bond acceptors (Lipinski definition) is 4. The number of carbonyl (C=O) groups excluding carboxylic acids is 1. The first-order valence-electron chi connectivity index (χ1n) is 7.11. The lowest BCUT2D eigenvalue weighted by molar-refractivity contribution is -0.116. The van der Waals surface area contributed by atoms with Crippen LogP contribution in [0.3, 0.4) is 0 Å². The molecule has 1 aromatic carbocycles. The summed E-state index contributed by atoms with van der Waals surface area (Å²) in [4.78, 5) is 11.7. The number of amides is 1. The van der Waals surface area contributed by atoms with Crippen molar-refractivity contribution in [1.82, 2.24) is 10.2 Å². The second-order valence-electron chi connectivity index (χ2n) is 5.54. The zero-order valence-corrected chi connectivity index (χ0v) is 13.6. The number of rotatable bonds is 5. The van der Waals surface area contributed by atoms with Crippen LogP contribution < -0.4 is 10.6 Å². The van der Waals surface area contributed by atoms with E-state index >= 15 is 0 Å². The fourth-order valence-electron chi connectivity index (χ4n) is 1.85. The molecule has 1 aromatic heterocycles. The van der Waals surface area contributed by atoms with Crippen LogP contribution in [-0.4, -0.2) is 16.1 Å². The van der Waals surface area contributed by atoms with Crippen molar-refractivity contribution in [3.8, 4) is 0 Å². The van der Waals surface area contributed by atoms with Crippen molar-refractivity contribution in [1.29, 1.82) is 0 Å². The summed E-state index contributed by atoms with van der Waals surface area (Å²) >= 11 is 6.08. The molecule has 6 heteroatoms. The van der Waals surface area contributed by atoms with Crippen LogP contribution in [0.2, 0.25) is 5.02 Å². The lowest BCUT2D eigenvalue weighted by atomic mass is 10.1. The van der Waals surface area contributed by atoms with Crippen LogP contribution in [0.1, 0.15) is 25.8 Å². The van der Waals surface area contributed by atoms with E-state index in [1.54, 1.807) is 12.1 Å². The third-order valence-electron chi connectivity index (χ3n) is 2.97. The van der Waals surface area contributed by atoms with Gasteiger partial charge >= 0.3 is 0 Å². The highest BCUT2D eigenvalue weighted by Crippen LogP contribution is 2.22. The minimum Gasteiger partial charge on any atom is -0.339 e. The highest BCUT2D eigenvalue weighted by Gasteiger charge is 2.07. The van der Waals surface area contributed by atoms with Gasteiger partial charge in [0.1, 0.15) is 0 Å². The zero-order chi connectivity index (χ0) is 16.1. The van der Waals surface area contributed by atoms with Gasteiger partial charge < -0.3 is 10.6 Å². The van der Waals surface area contributed by atoms with Gasteiger partial charge in [0.05, 0.1) is 0 Å². The fraction of sp³-hybridized carbons (Fsp3) is 0.312. The number of nitrogens with one attached hydrogen (secondary N) is 2. The Bertz CT molecular complexity index is 656. The zero-order valence-electron chi connectivity index (χ0n) is 12.9. The van der Waals surface area contributed by atoms with E-state index in [0.29, 0.717) is 29.0 Å². The van der Waals surface area contributed by atoms with E-state index in [1.165, 1.54) is 0 Å². The SMILES string of the molecule is Cc1ccc(Nc2ccc(NC(=O)CC(C)C)nn2)cc1Cl. The van der Waals surface area contributed by atoms with E-state index < -0.39 is 0 Å². The quantitative estimate of drug-likeness (QED) is 0.868. The summed E-state index contributed by atoms with van der Waals surface area (Å²) in [6.45, 7) is 5.93. The third kappa shape index (κ3) is 4.70. The van der Waals surface area contributed by atoms with Crippen molar-refractivity contribution in [2.45, 2.75) is 27.2 Å². The lowest BCUT2D eigenvalue weighted by Gasteiger charge is -2.08. The summed E-state index contributed by atoms with van der Waals surface area (Å²) in [7, 11) is 0. The molecule has 1 heterocycles. The van der Waals surface area contributed by atoms with Crippen molar-refractivity contribution in [2.24, 2.45) is 5.92 Å². The van der Waals surface area contributed by atoms with Gasteiger partial charge in [0, 0.05) is 17.1 Å². The molecular formula is C16H19ClN4O. The summed E-state index contributed by atoms with van der Waals surface area (Å²) in [5.74, 6) is 1.27. The number of hydrogen-bond donors (Lipinski definition) is 2. The van der Waals surface area contributed by atoms with Gasteiger partial charge in [-0.25, -0.2) is 0 Å². The molecule has 0 aliphatic carbocycles. The molecule has 1 amide bonds. The first-order chi connectivity index (χ1) is 10.4. The third-order valence-corrected chi connectivity index (χ3v) is 3.38. The number of nitrogens with zero attached hydrogens (tertiary/aromatic N) is 2. The van der Waals surface area contributed by atoms with Gasteiger partial charge in [0.2, 0.25) is 5.91 Å². The molecule has 0 unspecified atom stereocenters. The lowest BCUT2D eigenvalue weighted by Crippen LogP contribution is -2.15. The minimum absolute atomic E-state index is 0.0599. The van der Waals surface area contributed by atoms with Gasteiger partial charge in [-0.3, -0.25) is 4.79 Å². The Morgan fingerprint density at radius 2 is 1.86 bits per heavy atom. The Kier molecular flexibility index (Phi) is 5.33. The second kappa shape index (κ2) is 7.22. The molecular weight excluding hydrogens is 300 g/mol. The summed E-state index contributed by atoms with van der Waals surface area (Å²) in [5, 5.41) is 14.5. The molecule has 0 bridgehead atoms. The number of benzene rings is 1. The summed E-state index contributed by atoms with van der Waals surface area (Å²) in [6.07, 6.45) is 0.462. The van der Waals surface area contributed by atoms with Crippen LogP contribution in [-0.2, 0) is 4.79 Å². The van der Waals surface area contributed by atoms with Gasteiger partial charge in [0.25, 0.3) is 0 Å². The fourth-order valence-corrected chi connectivity index (χ4v) is 2.03. The molecule has 2 N–H and O–H groups in total. The number of aryl methyl sites for hydroxylation is 1. The molecule has 0 spiro atoms. The molecule has 0 atom stereocenters. The predicted molar refractivity (Wildman–Crippen MR) is 89.6 cm³/mol. The van der Waals surface area contributed by atoms with Gasteiger partial charge in [-0.15, -0.1) is 10.2 Å². The van der Waals surface area contributed by atoms with E-state index in [1.807, 2.05) is 39.0 Å². The molecule has 0 aliphatic rings. The number of aromatic nitrogens is 2. The summed E-state index contributed by atoms with van der Waals surface area (Å²) in [6, 6.07) is 9.14. The van der Waals surface area contributed by atoms with Gasteiger partial charge in [-0.2, -0.15) is 0 Å². The van der Waals surface area contributed by atoms with Crippen molar-refractivity contribution >= 4 is 34.8 Å². The second-order valence-corrected chi connectivity index (χ2v) is 5.95. The molecule has 0 radical (unpaired) electrons. The van der Waals surface area contributed by atoms with Crippen LogP contribution in [0, 0.1) is 12.8 Å². The molecule has 2 rings (SSSR count). The first kappa shape index (κ1) is 16.2. The Balaban J connectivity index is 1.99. The van der Waals surface area contributed by atoms with E-state index in [-0.39, 0.29) is 5.91 Å². The topological polar surface area (TPSA) is 66.9 Å².